The van der Waals surface area contributed by atoms with Gasteiger partial charge >= 0.3 is 0 Å². The number of hydrogen-bond acceptors (Lipinski definition) is 3. The second-order valence-electron chi connectivity index (χ2n) is 5.86. The number of nitrogens with one attached hydrogen (secondary N) is 1. The summed E-state index contributed by atoms with van der Waals surface area (Å²) in [7, 11) is 3.29. The van der Waals surface area contributed by atoms with E-state index in [0.717, 1.165) is 18.4 Å². The maximum absolute atomic E-state index is 12.7. The Hall–Kier alpha value is -2.03. The summed E-state index contributed by atoms with van der Waals surface area (Å²) in [6, 6.07) is 6.29. The van der Waals surface area contributed by atoms with E-state index in [9.17, 15) is 9.59 Å². The summed E-state index contributed by atoms with van der Waals surface area (Å²) in [5.41, 5.74) is 0.818. The highest BCUT2D eigenvalue weighted by Gasteiger charge is 2.40. The first kappa shape index (κ1) is 18.3. The summed E-state index contributed by atoms with van der Waals surface area (Å²) < 4.78 is 0. The molecule has 2 unspecified atom stereocenters. The molecule has 1 aromatic rings. The first-order chi connectivity index (χ1) is 11.5. The molecule has 1 aliphatic rings. The maximum atomic E-state index is 12.7. The van der Waals surface area contributed by atoms with Crippen LogP contribution < -0.4 is 5.32 Å². The predicted octanol–water partition coefficient (Wildman–Crippen LogP) is 1.68. The molecule has 0 saturated carbocycles. The van der Waals surface area contributed by atoms with Gasteiger partial charge in [-0.15, -0.1) is 6.42 Å². The van der Waals surface area contributed by atoms with E-state index in [1.807, 2.05) is 17.0 Å². The van der Waals surface area contributed by atoms with Crippen molar-refractivity contribution in [2.24, 2.45) is 0 Å². The summed E-state index contributed by atoms with van der Waals surface area (Å²) in [6.45, 7) is 0.940. The van der Waals surface area contributed by atoms with Gasteiger partial charge in [-0.2, -0.15) is 0 Å². The number of hydrogen-bond donors (Lipinski definition) is 1. The van der Waals surface area contributed by atoms with E-state index >= 15 is 0 Å². The Morgan fingerprint density at radius 3 is 2.71 bits per heavy atom. The van der Waals surface area contributed by atoms with Gasteiger partial charge in [0.15, 0.2) is 0 Å². The highest BCUT2D eigenvalue weighted by atomic mass is 35.5. The number of amides is 2. The van der Waals surface area contributed by atoms with Gasteiger partial charge in [0.2, 0.25) is 11.8 Å². The van der Waals surface area contributed by atoms with E-state index in [1.165, 1.54) is 4.90 Å². The van der Waals surface area contributed by atoms with Crippen LogP contribution in [0.1, 0.15) is 24.4 Å². The Balaban J connectivity index is 2.31. The van der Waals surface area contributed by atoms with Crippen LogP contribution >= 0.6 is 11.6 Å². The Morgan fingerprint density at radius 2 is 2.12 bits per heavy atom. The fourth-order valence-corrected chi connectivity index (χ4v) is 3.23. The predicted molar refractivity (Wildman–Crippen MR) is 94.5 cm³/mol. The summed E-state index contributed by atoms with van der Waals surface area (Å²) in [5, 5.41) is 3.31. The van der Waals surface area contributed by atoms with Crippen LogP contribution in [-0.4, -0.2) is 54.8 Å². The van der Waals surface area contributed by atoms with Crippen molar-refractivity contribution < 1.29 is 9.59 Å². The first-order valence-electron chi connectivity index (χ1n) is 7.90. The normalized spacial score (nSPS) is 18.7. The van der Waals surface area contributed by atoms with Crippen LogP contribution in [0.2, 0.25) is 5.02 Å². The minimum absolute atomic E-state index is 0.0479. The molecule has 2 rings (SSSR count). The molecule has 2 atom stereocenters. The van der Waals surface area contributed by atoms with Crippen LogP contribution in [-0.2, 0) is 9.59 Å². The molecule has 1 N–H and O–H groups in total. The van der Waals surface area contributed by atoms with Gasteiger partial charge in [-0.05, 0) is 30.5 Å². The molecular weight excluding hydrogens is 326 g/mol. The Labute approximate surface area is 147 Å². The zero-order valence-electron chi connectivity index (χ0n) is 14.0. The van der Waals surface area contributed by atoms with E-state index in [2.05, 4.69) is 11.2 Å². The minimum Gasteiger partial charge on any atom is -0.358 e. The van der Waals surface area contributed by atoms with Gasteiger partial charge in [0.05, 0.1) is 12.6 Å². The third-order valence-corrected chi connectivity index (χ3v) is 4.55. The minimum atomic E-state index is -0.525. The lowest BCUT2D eigenvalue weighted by Crippen LogP contribution is -2.48. The summed E-state index contributed by atoms with van der Waals surface area (Å²) in [4.78, 5) is 28.7. The van der Waals surface area contributed by atoms with Gasteiger partial charge in [-0.1, -0.05) is 29.7 Å². The number of carbonyl (C=O) groups is 2. The van der Waals surface area contributed by atoms with Crippen LogP contribution in [0.5, 0.6) is 0 Å². The van der Waals surface area contributed by atoms with Gasteiger partial charge in [-0.25, -0.2) is 0 Å². The van der Waals surface area contributed by atoms with Gasteiger partial charge in [0.25, 0.3) is 0 Å². The summed E-state index contributed by atoms with van der Waals surface area (Å²) in [6.07, 6.45) is 6.88. The number of halogens is 1. The van der Waals surface area contributed by atoms with Gasteiger partial charge in [-0.3, -0.25) is 14.5 Å². The second kappa shape index (κ2) is 8.18. The maximum Gasteiger partial charge on any atom is 0.241 e. The van der Waals surface area contributed by atoms with Crippen LogP contribution in [0.3, 0.4) is 0 Å². The van der Waals surface area contributed by atoms with Gasteiger partial charge < -0.3 is 10.2 Å². The Bertz CT molecular complexity index is 639. The van der Waals surface area contributed by atoms with E-state index in [4.69, 9.17) is 18.0 Å². The molecule has 2 amide bonds. The molecule has 128 valence electrons. The number of carbonyl (C=O) groups excluding carboxylic acids is 2. The average molecular weight is 348 g/mol. The average Bonchev–Trinajstić information content (AvgIpc) is 3.05. The van der Waals surface area contributed by atoms with E-state index in [-0.39, 0.29) is 24.4 Å². The molecule has 0 bridgehead atoms. The molecule has 0 aromatic heterocycles. The molecule has 5 nitrogen and oxygen atoms in total. The van der Waals surface area contributed by atoms with Crippen molar-refractivity contribution in [1.82, 2.24) is 15.1 Å². The lowest BCUT2D eigenvalue weighted by atomic mass is 10.0. The van der Waals surface area contributed by atoms with Crippen molar-refractivity contribution >= 4 is 23.4 Å². The molecule has 1 aliphatic heterocycles. The van der Waals surface area contributed by atoms with Crippen molar-refractivity contribution in [3.63, 3.8) is 0 Å². The number of likely N-dealkylation sites (N-methyl/N-ethyl adjacent to an activating group) is 2. The van der Waals surface area contributed by atoms with Gasteiger partial charge in [0.1, 0.15) is 6.04 Å². The Morgan fingerprint density at radius 1 is 1.46 bits per heavy atom. The zero-order valence-corrected chi connectivity index (χ0v) is 14.7. The standard InChI is InChI=1S/C18H22ClN3O2/c1-4-11-21(3)18(24)15-6-5-12-22(15)16(17(23)20-2)13-7-9-14(19)10-8-13/h1,7-10,15-16H,5-6,11-12H2,2-3H3,(H,20,23). The lowest BCUT2D eigenvalue weighted by molar-refractivity contribution is -0.137. The fraction of sp³-hybridized carbons (Fsp3) is 0.444. The monoisotopic (exact) mass is 347 g/mol. The van der Waals surface area contributed by atoms with Crippen molar-refractivity contribution in [3.8, 4) is 12.3 Å². The number of likely N-dealkylation sites (tertiary alicyclic amines) is 1. The first-order valence-corrected chi connectivity index (χ1v) is 8.28. The third kappa shape index (κ3) is 3.89. The zero-order chi connectivity index (χ0) is 17.7. The molecule has 1 saturated heterocycles. The third-order valence-electron chi connectivity index (χ3n) is 4.30. The fourth-order valence-electron chi connectivity index (χ4n) is 3.11. The highest BCUT2D eigenvalue weighted by molar-refractivity contribution is 6.30. The highest BCUT2D eigenvalue weighted by Crippen LogP contribution is 2.31. The van der Waals surface area contributed by atoms with Crippen LogP contribution in [0, 0.1) is 12.3 Å². The van der Waals surface area contributed by atoms with Crippen molar-refractivity contribution in [1.29, 1.82) is 0 Å². The second-order valence-corrected chi connectivity index (χ2v) is 6.30. The van der Waals surface area contributed by atoms with E-state index < -0.39 is 6.04 Å². The van der Waals surface area contributed by atoms with E-state index in [1.54, 1.807) is 26.2 Å². The summed E-state index contributed by atoms with van der Waals surface area (Å²) >= 11 is 5.95. The lowest BCUT2D eigenvalue weighted by Gasteiger charge is -2.33. The number of terminal acetylenes is 1. The van der Waals surface area contributed by atoms with Gasteiger partial charge in [0, 0.05) is 25.7 Å². The SMILES string of the molecule is C#CCN(C)C(=O)C1CCCN1C(C(=O)NC)c1ccc(Cl)cc1. The van der Waals surface area contributed by atoms with Crippen molar-refractivity contribution in [2.75, 3.05) is 27.2 Å². The number of benzene rings is 1. The van der Waals surface area contributed by atoms with E-state index in [0.29, 0.717) is 11.6 Å². The van der Waals surface area contributed by atoms with Crippen LogP contribution in [0.25, 0.3) is 0 Å². The molecule has 1 aromatic carbocycles. The number of rotatable bonds is 5. The Kier molecular flexibility index (Phi) is 6.24. The van der Waals surface area contributed by atoms with Crippen molar-refractivity contribution in [3.05, 3.63) is 34.9 Å². The molecule has 6 heteroatoms. The molecule has 24 heavy (non-hydrogen) atoms. The molecule has 0 spiro atoms. The van der Waals surface area contributed by atoms with Crippen molar-refractivity contribution in [2.45, 2.75) is 24.9 Å². The van der Waals surface area contributed by atoms with Crippen LogP contribution in [0.4, 0.5) is 0 Å². The largest absolute Gasteiger partial charge is 0.358 e. The topological polar surface area (TPSA) is 52.7 Å². The summed E-state index contributed by atoms with van der Waals surface area (Å²) in [5.74, 6) is 2.29. The molecule has 0 radical (unpaired) electrons. The molecular formula is C18H22ClN3O2. The molecule has 1 fully saturated rings. The van der Waals surface area contributed by atoms with Crippen LogP contribution in [0.15, 0.2) is 24.3 Å². The molecule has 0 aliphatic carbocycles. The number of nitrogens with zero attached hydrogens (tertiary/aromatic N) is 2. The smallest absolute Gasteiger partial charge is 0.241 e. The quantitative estimate of drug-likeness (QED) is 0.825. The molecule has 1 heterocycles.